The lowest BCUT2D eigenvalue weighted by Crippen LogP contribution is -2.51. The van der Waals surface area contributed by atoms with E-state index in [4.69, 9.17) is 15.2 Å². The van der Waals surface area contributed by atoms with E-state index in [1.807, 2.05) is 50.2 Å². The van der Waals surface area contributed by atoms with Crippen LogP contribution in [0.2, 0.25) is 0 Å². The Hall–Kier alpha value is -6.64. The van der Waals surface area contributed by atoms with Crippen molar-refractivity contribution >= 4 is 24.0 Å². The number of likely N-dealkylation sites (tertiary alicyclic amines) is 2. The Morgan fingerprint density at radius 3 is 1.80 bits per heavy atom. The van der Waals surface area contributed by atoms with Gasteiger partial charge in [0, 0.05) is 19.5 Å². The fraction of sp³-hybridized carbons (Fsp3) is 0.364. The molecule has 3 aromatic carbocycles. The molecule has 6 N–H and O–H groups in total. The van der Waals surface area contributed by atoms with Gasteiger partial charge in [-0.15, -0.1) is 0 Å². The van der Waals surface area contributed by atoms with Crippen LogP contribution < -0.4 is 11.1 Å². The van der Waals surface area contributed by atoms with Crippen LogP contribution >= 0.6 is 0 Å². The molecule has 0 spiro atoms. The number of amides is 4. The number of primary amides is 1. The molecule has 2 aliphatic rings. The van der Waals surface area contributed by atoms with Crippen molar-refractivity contribution in [1.29, 1.82) is 0 Å². The number of carbonyl (C=O) groups excluding carboxylic acids is 4. The molecular weight excluding hydrogens is 753 g/mol. The van der Waals surface area contributed by atoms with E-state index < -0.39 is 23.8 Å². The van der Waals surface area contributed by atoms with Gasteiger partial charge in [-0.2, -0.15) is 0 Å². The van der Waals surface area contributed by atoms with Crippen LogP contribution in [0.25, 0.3) is 33.6 Å². The second-order valence-electron chi connectivity index (χ2n) is 15.7. The third-order valence-corrected chi connectivity index (χ3v) is 11.2. The van der Waals surface area contributed by atoms with Gasteiger partial charge >= 0.3 is 12.2 Å². The fourth-order valence-corrected chi connectivity index (χ4v) is 8.16. The topological polar surface area (TPSA) is 209 Å². The Kier molecular flexibility index (Phi) is 11.7. The normalized spacial score (nSPS) is 18.1. The zero-order chi connectivity index (χ0) is 41.8. The number of alkyl carbamates (subject to hydrolysis) is 1. The van der Waals surface area contributed by atoms with Crippen LogP contribution in [0, 0.1) is 5.92 Å². The highest BCUT2D eigenvalue weighted by atomic mass is 16.6. The SMILES string of the molecule is COC(=O)N[C@H](C(=O)N1CCC[C@H]1c1ncc(-c2ccc(-c3ccc(-c4cnc([C@@H]5CCCN5C(=O)[C@](C)(Cc5ccc(O)cc5)OC(N)=O)[nH]4)cc3)cc2)[nH]1)C(C)C. The Labute approximate surface area is 342 Å². The Bertz CT molecular complexity index is 2290. The van der Waals surface area contributed by atoms with Crippen LogP contribution in [0.15, 0.2) is 85.2 Å². The number of benzene rings is 3. The monoisotopic (exact) mass is 802 g/mol. The molecule has 4 heterocycles. The van der Waals surface area contributed by atoms with Gasteiger partial charge in [-0.05, 0) is 78.5 Å². The number of phenolic OH excluding ortho intramolecular Hbond substituents is 1. The molecular formula is C44H50N8O7. The first-order valence-corrected chi connectivity index (χ1v) is 19.9. The van der Waals surface area contributed by atoms with Crippen LogP contribution in [0.4, 0.5) is 9.59 Å². The number of methoxy groups -OCH3 is 1. The number of nitrogens with one attached hydrogen (secondary N) is 3. The van der Waals surface area contributed by atoms with Gasteiger partial charge in [0.05, 0.1) is 43.0 Å². The smallest absolute Gasteiger partial charge is 0.407 e. The van der Waals surface area contributed by atoms with Gasteiger partial charge in [0.15, 0.2) is 5.60 Å². The number of hydrogen-bond acceptors (Lipinski definition) is 9. The number of aromatic hydroxyl groups is 1. The zero-order valence-corrected chi connectivity index (χ0v) is 33.6. The number of imidazole rings is 2. The maximum absolute atomic E-state index is 14.0. The molecule has 15 nitrogen and oxygen atoms in total. The number of nitrogens with two attached hydrogens (primary N) is 1. The molecule has 0 unspecified atom stereocenters. The van der Waals surface area contributed by atoms with Crippen LogP contribution in [0.5, 0.6) is 5.75 Å². The molecule has 2 saturated heterocycles. The molecule has 2 aromatic heterocycles. The van der Waals surface area contributed by atoms with E-state index >= 15 is 0 Å². The summed E-state index contributed by atoms with van der Waals surface area (Å²) in [4.78, 5) is 71.2. The van der Waals surface area contributed by atoms with Gasteiger partial charge < -0.3 is 45.4 Å². The van der Waals surface area contributed by atoms with Crippen LogP contribution in [0.3, 0.4) is 0 Å². The first-order valence-electron chi connectivity index (χ1n) is 19.9. The number of rotatable bonds is 12. The van der Waals surface area contributed by atoms with Crippen LogP contribution in [0.1, 0.15) is 75.8 Å². The molecule has 0 radical (unpaired) electrons. The van der Waals surface area contributed by atoms with Crippen molar-refractivity contribution in [2.75, 3.05) is 20.2 Å². The Balaban J connectivity index is 1.01. The molecule has 4 atom stereocenters. The van der Waals surface area contributed by atoms with Gasteiger partial charge in [-0.3, -0.25) is 9.59 Å². The molecule has 308 valence electrons. The summed E-state index contributed by atoms with van der Waals surface area (Å²) in [6, 6.07) is 21.4. The van der Waals surface area contributed by atoms with Gasteiger partial charge in [-0.1, -0.05) is 74.5 Å². The summed E-state index contributed by atoms with van der Waals surface area (Å²) in [5.41, 5.74) is 10.2. The van der Waals surface area contributed by atoms with Crippen molar-refractivity contribution in [3.63, 3.8) is 0 Å². The van der Waals surface area contributed by atoms with Crippen molar-refractivity contribution in [2.24, 2.45) is 11.7 Å². The van der Waals surface area contributed by atoms with E-state index in [0.717, 1.165) is 52.9 Å². The van der Waals surface area contributed by atoms with Crippen LogP contribution in [-0.4, -0.2) is 90.7 Å². The maximum Gasteiger partial charge on any atom is 0.407 e. The summed E-state index contributed by atoms with van der Waals surface area (Å²) < 4.78 is 10.2. The van der Waals surface area contributed by atoms with Gasteiger partial charge in [0.2, 0.25) is 5.91 Å². The number of carbonyl (C=O) groups is 4. The number of aromatic nitrogens is 4. The number of aromatic amines is 2. The lowest BCUT2D eigenvalue weighted by atomic mass is 9.94. The first-order chi connectivity index (χ1) is 28.3. The minimum absolute atomic E-state index is 0.0857. The molecule has 4 amide bonds. The standard InChI is InChI=1S/C44H50N8O7/c1-26(2)37(50-43(57)58-4)40(54)51-21-5-7-35(51)38-46-24-33(48-38)30-15-11-28(12-16-30)29-13-17-31(18-14-29)34-25-47-39(49-34)36-8-6-22-52(36)41(55)44(3,59-42(45)56)23-27-9-19-32(53)20-10-27/h9-20,24-26,35-37,53H,5-8,21-23H2,1-4H3,(H2,45,56)(H,46,48)(H,47,49)(H,50,57)/t35-,36-,37-,44-/m0/s1. The van der Waals surface area contributed by atoms with Crippen molar-refractivity contribution in [2.45, 2.75) is 76.6 Å². The highest BCUT2D eigenvalue weighted by molar-refractivity contribution is 5.88. The molecule has 7 rings (SSSR count). The van der Waals surface area contributed by atoms with Crippen molar-refractivity contribution in [3.8, 4) is 39.4 Å². The maximum atomic E-state index is 14.0. The van der Waals surface area contributed by atoms with E-state index in [2.05, 4.69) is 37.4 Å². The number of nitrogens with zero attached hydrogens (tertiary/aromatic N) is 4. The highest BCUT2D eigenvalue weighted by Gasteiger charge is 2.45. The molecule has 0 aliphatic carbocycles. The van der Waals surface area contributed by atoms with Crippen molar-refractivity contribution in [3.05, 3.63) is 102 Å². The van der Waals surface area contributed by atoms with E-state index in [-0.39, 0.29) is 42.0 Å². The third-order valence-electron chi connectivity index (χ3n) is 11.2. The average Bonchev–Trinajstić information content (AvgIpc) is 4.07. The number of hydrogen-bond donors (Lipinski definition) is 5. The third kappa shape index (κ3) is 8.78. The Morgan fingerprint density at radius 1 is 0.814 bits per heavy atom. The Morgan fingerprint density at radius 2 is 1.31 bits per heavy atom. The molecule has 0 bridgehead atoms. The molecule has 15 heteroatoms. The second-order valence-corrected chi connectivity index (χ2v) is 15.7. The molecule has 0 saturated carbocycles. The predicted octanol–water partition coefficient (Wildman–Crippen LogP) is 6.64. The number of phenols is 1. The zero-order valence-electron chi connectivity index (χ0n) is 33.6. The fourth-order valence-electron chi connectivity index (χ4n) is 8.16. The number of H-pyrrole nitrogens is 2. The molecule has 5 aromatic rings. The lowest BCUT2D eigenvalue weighted by molar-refractivity contribution is -0.150. The first kappa shape index (κ1) is 40.6. The minimum atomic E-state index is -1.56. The highest BCUT2D eigenvalue weighted by Crippen LogP contribution is 2.36. The summed E-state index contributed by atoms with van der Waals surface area (Å²) >= 11 is 0. The second kappa shape index (κ2) is 17.1. The summed E-state index contributed by atoms with van der Waals surface area (Å²) in [6.45, 7) is 6.40. The number of ether oxygens (including phenoxy) is 2. The van der Waals surface area contributed by atoms with E-state index in [1.165, 1.54) is 19.2 Å². The van der Waals surface area contributed by atoms with Crippen molar-refractivity contribution < 1.29 is 33.8 Å². The average molecular weight is 803 g/mol. The minimum Gasteiger partial charge on any atom is -0.508 e. The van der Waals surface area contributed by atoms with E-state index in [0.29, 0.717) is 36.7 Å². The summed E-state index contributed by atoms with van der Waals surface area (Å²) in [6.07, 6.45) is 5.01. The molecule has 2 aliphatic heterocycles. The van der Waals surface area contributed by atoms with Crippen LogP contribution in [-0.2, 0) is 25.5 Å². The summed E-state index contributed by atoms with van der Waals surface area (Å²) in [5.74, 6) is 0.806. The van der Waals surface area contributed by atoms with E-state index in [9.17, 15) is 24.3 Å². The summed E-state index contributed by atoms with van der Waals surface area (Å²) in [5, 5.41) is 12.4. The van der Waals surface area contributed by atoms with E-state index in [1.54, 1.807) is 41.2 Å². The van der Waals surface area contributed by atoms with Crippen molar-refractivity contribution in [1.82, 2.24) is 35.1 Å². The van der Waals surface area contributed by atoms with Gasteiger partial charge in [0.1, 0.15) is 23.4 Å². The van der Waals surface area contributed by atoms with Gasteiger partial charge in [-0.25, -0.2) is 19.6 Å². The predicted molar refractivity (Wildman–Crippen MR) is 219 cm³/mol. The lowest BCUT2D eigenvalue weighted by Gasteiger charge is -2.34. The largest absolute Gasteiger partial charge is 0.508 e. The molecule has 59 heavy (non-hydrogen) atoms. The summed E-state index contributed by atoms with van der Waals surface area (Å²) in [7, 11) is 1.28. The molecule has 2 fully saturated rings. The van der Waals surface area contributed by atoms with Gasteiger partial charge in [0.25, 0.3) is 5.91 Å². The quantitative estimate of drug-likeness (QED) is 0.0914.